The maximum Gasteiger partial charge on any atom is 0.193 e. The molecule has 1 aromatic carbocycles. The van der Waals surface area contributed by atoms with E-state index in [1.54, 1.807) is 6.08 Å². The smallest absolute Gasteiger partial charge is 0.193 e. The molecule has 2 heteroatoms. The lowest BCUT2D eigenvalue weighted by Gasteiger charge is -2.07. The number of rotatable bonds is 2. The molecule has 16 heavy (non-hydrogen) atoms. The highest BCUT2D eigenvalue weighted by atomic mass is 16.1. The minimum absolute atomic E-state index is 0.120. The minimum atomic E-state index is 0.120. The summed E-state index contributed by atoms with van der Waals surface area (Å²) in [6.45, 7) is 7.62. The van der Waals surface area contributed by atoms with Crippen LogP contribution in [0.3, 0.4) is 0 Å². The van der Waals surface area contributed by atoms with Crippen LogP contribution in [0.1, 0.15) is 16.8 Å². The van der Waals surface area contributed by atoms with Crippen LogP contribution in [-0.2, 0) is 6.42 Å². The number of hydrogen-bond acceptors (Lipinski definition) is 1. The Labute approximate surface area is 94.6 Å². The van der Waals surface area contributed by atoms with Crippen LogP contribution in [0, 0.1) is 13.8 Å². The topological polar surface area (TPSA) is 32.9 Å². The summed E-state index contributed by atoms with van der Waals surface area (Å²) in [5, 5.41) is 0.766. The minimum Gasteiger partial charge on any atom is -0.358 e. The fourth-order valence-corrected chi connectivity index (χ4v) is 2.01. The zero-order chi connectivity index (χ0) is 11.7. The number of nitrogens with one attached hydrogen (secondary N) is 1. The van der Waals surface area contributed by atoms with Gasteiger partial charge in [-0.1, -0.05) is 18.2 Å². The van der Waals surface area contributed by atoms with E-state index in [0.717, 1.165) is 27.7 Å². The molecule has 2 aromatic rings. The molecule has 0 bridgehead atoms. The standard InChI is InChI=1S/C14H15NO/c1-4-6-11-10(3)15-13-9(2)7-5-8-12(13)14(11)16/h4-5,7-8H,1,6H2,2-3H3,(H,15,16). The van der Waals surface area contributed by atoms with E-state index in [4.69, 9.17) is 0 Å². The van der Waals surface area contributed by atoms with Crippen molar-refractivity contribution in [2.75, 3.05) is 0 Å². The molecule has 0 unspecified atom stereocenters. The Balaban J connectivity index is 2.89. The number of benzene rings is 1. The molecule has 0 aliphatic carbocycles. The average molecular weight is 213 g/mol. The summed E-state index contributed by atoms with van der Waals surface area (Å²) in [5.41, 5.74) is 3.91. The van der Waals surface area contributed by atoms with Crippen LogP contribution in [0.25, 0.3) is 10.9 Å². The molecule has 82 valence electrons. The number of hydrogen-bond donors (Lipinski definition) is 1. The summed E-state index contributed by atoms with van der Waals surface area (Å²) in [5.74, 6) is 0. The van der Waals surface area contributed by atoms with Gasteiger partial charge in [0.25, 0.3) is 0 Å². The molecular weight excluding hydrogens is 198 g/mol. The second-order valence-corrected chi connectivity index (χ2v) is 4.05. The number of allylic oxidation sites excluding steroid dienone is 1. The Bertz CT molecular complexity index is 608. The highest BCUT2D eigenvalue weighted by Gasteiger charge is 2.08. The van der Waals surface area contributed by atoms with Gasteiger partial charge in [-0.25, -0.2) is 0 Å². The van der Waals surface area contributed by atoms with Crippen molar-refractivity contribution in [3.05, 3.63) is 57.9 Å². The van der Waals surface area contributed by atoms with Gasteiger partial charge in [0.2, 0.25) is 0 Å². The summed E-state index contributed by atoms with van der Waals surface area (Å²) >= 11 is 0. The summed E-state index contributed by atoms with van der Waals surface area (Å²) in [6.07, 6.45) is 2.38. The molecule has 0 aliphatic heterocycles. The van der Waals surface area contributed by atoms with Crippen molar-refractivity contribution < 1.29 is 0 Å². The highest BCUT2D eigenvalue weighted by molar-refractivity contribution is 5.82. The number of pyridine rings is 1. The molecule has 0 aliphatic rings. The van der Waals surface area contributed by atoms with Gasteiger partial charge in [0, 0.05) is 16.6 Å². The molecule has 0 amide bonds. The van der Waals surface area contributed by atoms with Crippen LogP contribution in [0.15, 0.2) is 35.6 Å². The van der Waals surface area contributed by atoms with Crippen LogP contribution < -0.4 is 5.43 Å². The first-order valence-corrected chi connectivity index (χ1v) is 5.37. The van der Waals surface area contributed by atoms with Gasteiger partial charge in [-0.15, -0.1) is 6.58 Å². The number of aromatic nitrogens is 1. The highest BCUT2D eigenvalue weighted by Crippen LogP contribution is 2.15. The third kappa shape index (κ3) is 1.56. The molecule has 2 rings (SSSR count). The lowest BCUT2D eigenvalue weighted by molar-refractivity contribution is 1.11. The van der Waals surface area contributed by atoms with Crippen LogP contribution in [0.5, 0.6) is 0 Å². The van der Waals surface area contributed by atoms with Gasteiger partial charge < -0.3 is 4.98 Å². The zero-order valence-corrected chi connectivity index (χ0v) is 9.63. The van der Waals surface area contributed by atoms with Gasteiger partial charge in [0.05, 0.1) is 5.52 Å². The first-order chi connectivity index (χ1) is 7.65. The number of aromatic amines is 1. The van der Waals surface area contributed by atoms with E-state index in [0.29, 0.717) is 6.42 Å². The van der Waals surface area contributed by atoms with Gasteiger partial charge in [-0.2, -0.15) is 0 Å². The van der Waals surface area contributed by atoms with E-state index in [-0.39, 0.29) is 5.43 Å². The fourth-order valence-electron chi connectivity index (χ4n) is 2.01. The predicted molar refractivity (Wildman–Crippen MR) is 67.9 cm³/mol. The van der Waals surface area contributed by atoms with Crippen molar-refractivity contribution >= 4 is 10.9 Å². The van der Waals surface area contributed by atoms with Crippen LogP contribution >= 0.6 is 0 Å². The summed E-state index contributed by atoms with van der Waals surface area (Å²) in [7, 11) is 0. The molecular formula is C14H15NO. The Kier molecular flexibility index (Phi) is 2.65. The van der Waals surface area contributed by atoms with E-state index in [2.05, 4.69) is 11.6 Å². The van der Waals surface area contributed by atoms with Crippen LogP contribution in [-0.4, -0.2) is 4.98 Å². The lowest BCUT2D eigenvalue weighted by Crippen LogP contribution is -2.13. The molecule has 1 N–H and O–H groups in total. The number of para-hydroxylation sites is 1. The van der Waals surface area contributed by atoms with Gasteiger partial charge in [-0.3, -0.25) is 4.79 Å². The average Bonchev–Trinajstić information content (AvgIpc) is 2.26. The predicted octanol–water partition coefficient (Wildman–Crippen LogP) is 2.87. The molecule has 0 saturated heterocycles. The van der Waals surface area contributed by atoms with Crippen molar-refractivity contribution in [3.63, 3.8) is 0 Å². The SMILES string of the molecule is C=CCc1c(C)[nH]c2c(C)cccc2c1=O. The van der Waals surface area contributed by atoms with Crippen molar-refractivity contribution in [1.29, 1.82) is 0 Å². The first kappa shape index (κ1) is 10.7. The quantitative estimate of drug-likeness (QED) is 0.764. The van der Waals surface area contributed by atoms with E-state index in [9.17, 15) is 4.79 Å². The molecule has 1 heterocycles. The second-order valence-electron chi connectivity index (χ2n) is 4.05. The van der Waals surface area contributed by atoms with Gasteiger partial charge in [0.1, 0.15) is 0 Å². The largest absolute Gasteiger partial charge is 0.358 e. The summed E-state index contributed by atoms with van der Waals surface area (Å²) < 4.78 is 0. The molecule has 0 atom stereocenters. The fraction of sp³-hybridized carbons (Fsp3) is 0.214. The molecule has 1 aromatic heterocycles. The second kappa shape index (κ2) is 3.97. The van der Waals surface area contributed by atoms with Gasteiger partial charge in [0.15, 0.2) is 5.43 Å². The molecule has 0 spiro atoms. The van der Waals surface area contributed by atoms with Crippen molar-refractivity contribution in [2.45, 2.75) is 20.3 Å². The Morgan fingerprint density at radius 1 is 1.38 bits per heavy atom. The maximum atomic E-state index is 12.2. The maximum absolute atomic E-state index is 12.2. The zero-order valence-electron chi connectivity index (χ0n) is 9.63. The molecule has 0 saturated carbocycles. The van der Waals surface area contributed by atoms with Gasteiger partial charge in [-0.05, 0) is 31.9 Å². The Morgan fingerprint density at radius 2 is 2.12 bits per heavy atom. The van der Waals surface area contributed by atoms with E-state index < -0.39 is 0 Å². The monoisotopic (exact) mass is 213 g/mol. The van der Waals surface area contributed by atoms with Crippen LogP contribution in [0.2, 0.25) is 0 Å². The number of fused-ring (bicyclic) bond motifs is 1. The molecule has 0 radical (unpaired) electrons. The lowest BCUT2D eigenvalue weighted by atomic mass is 10.0. The van der Waals surface area contributed by atoms with E-state index in [1.165, 1.54) is 0 Å². The van der Waals surface area contributed by atoms with Crippen molar-refractivity contribution in [1.82, 2.24) is 4.98 Å². The first-order valence-electron chi connectivity index (χ1n) is 5.37. The van der Waals surface area contributed by atoms with Crippen molar-refractivity contribution in [2.24, 2.45) is 0 Å². The van der Waals surface area contributed by atoms with Gasteiger partial charge >= 0.3 is 0 Å². The van der Waals surface area contributed by atoms with E-state index in [1.807, 2.05) is 32.0 Å². The normalized spacial score (nSPS) is 10.6. The van der Waals surface area contributed by atoms with Crippen molar-refractivity contribution in [3.8, 4) is 0 Å². The van der Waals surface area contributed by atoms with E-state index >= 15 is 0 Å². The number of H-pyrrole nitrogens is 1. The molecule has 0 fully saturated rings. The Hall–Kier alpha value is -1.83. The third-order valence-electron chi connectivity index (χ3n) is 2.91. The summed E-state index contributed by atoms with van der Waals surface area (Å²) in [6, 6.07) is 5.79. The Morgan fingerprint density at radius 3 is 2.81 bits per heavy atom. The van der Waals surface area contributed by atoms with Crippen LogP contribution in [0.4, 0.5) is 0 Å². The molecule has 2 nitrogen and oxygen atoms in total. The number of aryl methyl sites for hydroxylation is 2. The third-order valence-corrected chi connectivity index (χ3v) is 2.91. The summed E-state index contributed by atoms with van der Waals surface area (Å²) in [4.78, 5) is 15.5.